The lowest BCUT2D eigenvalue weighted by atomic mass is 9.85. The van der Waals surface area contributed by atoms with E-state index in [0.717, 1.165) is 41.3 Å². The van der Waals surface area contributed by atoms with Crippen LogP contribution in [-0.4, -0.2) is 62.2 Å². The molecule has 0 aliphatic carbocycles. The summed E-state index contributed by atoms with van der Waals surface area (Å²) in [5.41, 5.74) is 4.35. The van der Waals surface area contributed by atoms with Crippen molar-refractivity contribution < 1.29 is 14.3 Å². The highest BCUT2D eigenvalue weighted by Gasteiger charge is 2.38. The molecule has 1 aromatic heterocycles. The third-order valence-corrected chi connectivity index (χ3v) is 7.91. The highest BCUT2D eigenvalue weighted by molar-refractivity contribution is 7.14. The van der Waals surface area contributed by atoms with Crippen molar-refractivity contribution >= 4 is 39.7 Å². The first-order valence-corrected chi connectivity index (χ1v) is 13.8. The van der Waals surface area contributed by atoms with Crippen LogP contribution >= 0.6 is 11.3 Å². The molecule has 3 heterocycles. The Morgan fingerprint density at radius 3 is 2.72 bits per heavy atom. The van der Waals surface area contributed by atoms with Crippen molar-refractivity contribution in [2.45, 2.75) is 38.4 Å². The van der Waals surface area contributed by atoms with E-state index in [1.165, 1.54) is 11.3 Å². The Kier molecular flexibility index (Phi) is 7.30. The van der Waals surface area contributed by atoms with Gasteiger partial charge in [0.1, 0.15) is 0 Å². The maximum Gasteiger partial charge on any atom is 0.251 e. The molecule has 0 spiro atoms. The van der Waals surface area contributed by atoms with Gasteiger partial charge in [-0.1, -0.05) is 12.1 Å². The first kappa shape index (κ1) is 26.7. The van der Waals surface area contributed by atoms with Crippen LogP contribution in [0.2, 0.25) is 0 Å². The van der Waals surface area contributed by atoms with E-state index in [2.05, 4.69) is 52.6 Å². The number of morpholine rings is 1. The Morgan fingerprint density at radius 1 is 1.21 bits per heavy atom. The average Bonchev–Trinajstić information content (AvgIpc) is 3.48. The molecule has 0 bridgehead atoms. The molecule has 1 saturated heterocycles. The van der Waals surface area contributed by atoms with Crippen molar-refractivity contribution in [3.05, 3.63) is 59.0 Å². The number of carbonyl (C=O) groups is 2. The lowest BCUT2D eigenvalue weighted by Gasteiger charge is -2.37. The van der Waals surface area contributed by atoms with Crippen molar-refractivity contribution in [1.82, 2.24) is 10.3 Å². The van der Waals surface area contributed by atoms with Gasteiger partial charge in [0.15, 0.2) is 5.13 Å². The second-order valence-corrected chi connectivity index (χ2v) is 11.4. The topological polar surface area (TPSA) is 111 Å². The first-order valence-electron chi connectivity index (χ1n) is 13.0. The number of amides is 2. The van der Waals surface area contributed by atoms with Gasteiger partial charge in [0.2, 0.25) is 5.91 Å². The summed E-state index contributed by atoms with van der Waals surface area (Å²) in [6.45, 7) is 8.07. The van der Waals surface area contributed by atoms with Crippen molar-refractivity contribution in [1.29, 1.82) is 5.26 Å². The van der Waals surface area contributed by atoms with Gasteiger partial charge < -0.3 is 25.2 Å². The maximum absolute atomic E-state index is 12.8. The van der Waals surface area contributed by atoms with Crippen LogP contribution in [0.25, 0.3) is 11.3 Å². The summed E-state index contributed by atoms with van der Waals surface area (Å²) in [5, 5.41) is 17.5. The van der Waals surface area contributed by atoms with Crippen LogP contribution in [0.1, 0.15) is 36.7 Å². The van der Waals surface area contributed by atoms with Crippen LogP contribution in [0.4, 0.5) is 16.5 Å². The summed E-state index contributed by atoms with van der Waals surface area (Å²) in [5.74, 6) is -0.733. The lowest BCUT2D eigenvalue weighted by molar-refractivity contribution is -0.115. The zero-order chi connectivity index (χ0) is 27.7. The van der Waals surface area contributed by atoms with E-state index in [0.29, 0.717) is 17.2 Å². The molecule has 0 saturated carbocycles. The fraction of sp³-hybridized carbons (Fsp3) is 0.379. The molecule has 2 aromatic carbocycles. The number of thiazole rings is 1. The van der Waals surface area contributed by atoms with Gasteiger partial charge >= 0.3 is 0 Å². The second-order valence-electron chi connectivity index (χ2n) is 10.5. The van der Waals surface area contributed by atoms with E-state index in [9.17, 15) is 14.9 Å². The van der Waals surface area contributed by atoms with Gasteiger partial charge in [-0.2, -0.15) is 5.26 Å². The average molecular weight is 545 g/mol. The lowest BCUT2D eigenvalue weighted by Crippen LogP contribution is -2.45. The molecule has 0 radical (unpaired) electrons. The number of likely N-dealkylation sites (N-methyl/N-ethyl adjacent to an activating group) is 1. The van der Waals surface area contributed by atoms with Crippen LogP contribution in [0.15, 0.2) is 47.8 Å². The molecule has 2 aliphatic rings. The molecule has 3 atom stereocenters. The smallest absolute Gasteiger partial charge is 0.251 e. The molecule has 2 aliphatic heterocycles. The van der Waals surface area contributed by atoms with Crippen LogP contribution in [0.3, 0.4) is 0 Å². The Labute approximate surface area is 232 Å². The number of anilines is 3. The van der Waals surface area contributed by atoms with E-state index in [-0.39, 0.29) is 30.6 Å². The van der Waals surface area contributed by atoms with E-state index < -0.39 is 5.41 Å². The molecule has 3 aromatic rings. The van der Waals surface area contributed by atoms with Crippen LogP contribution in [-0.2, 0) is 14.9 Å². The minimum absolute atomic E-state index is 0.168. The highest BCUT2D eigenvalue weighted by atomic mass is 32.1. The van der Waals surface area contributed by atoms with Crippen LogP contribution < -0.4 is 20.4 Å². The Hall–Kier alpha value is -3.94. The molecule has 5 rings (SSSR count). The van der Waals surface area contributed by atoms with Gasteiger partial charge in [0.05, 0.1) is 35.9 Å². The van der Waals surface area contributed by atoms with Gasteiger partial charge in [-0.15, -0.1) is 11.3 Å². The second kappa shape index (κ2) is 10.7. The van der Waals surface area contributed by atoms with Crippen LogP contribution in [0, 0.1) is 11.3 Å². The van der Waals surface area contributed by atoms with E-state index in [1.807, 2.05) is 42.5 Å². The first-order chi connectivity index (χ1) is 18.6. The zero-order valence-corrected chi connectivity index (χ0v) is 23.3. The molecule has 10 heteroatoms. The number of rotatable bonds is 6. The molecule has 39 heavy (non-hydrogen) atoms. The molecule has 1 fully saturated rings. The fourth-order valence-electron chi connectivity index (χ4n) is 5.33. The summed E-state index contributed by atoms with van der Waals surface area (Å²) in [7, 11) is 1.93. The number of hydrogen-bond donors (Lipinski definition) is 2. The minimum Gasteiger partial charge on any atom is -0.372 e. The van der Waals surface area contributed by atoms with Gasteiger partial charge in [0, 0.05) is 54.6 Å². The highest BCUT2D eigenvalue weighted by Crippen LogP contribution is 2.40. The predicted octanol–water partition coefficient (Wildman–Crippen LogP) is 4.02. The monoisotopic (exact) mass is 544 g/mol. The van der Waals surface area contributed by atoms with Gasteiger partial charge in [-0.05, 0) is 56.7 Å². The van der Waals surface area contributed by atoms with Crippen molar-refractivity contribution in [3.63, 3.8) is 0 Å². The molecule has 2 amide bonds. The number of fused-ring (bicyclic) bond motifs is 1. The standard InChI is InChI=1S/C29H32N6O3S/c1-18-13-35(14-19(2)38-18)22-7-5-6-20(10-22)24-15-39-28(32-24)33-26(36)12-31-27(37)21-8-9-25-23(11-21)29(3,16-30)17-34(25)4/h5-11,15,18-19H,12-14,17H2,1-4H3,(H,31,37)(H,32,33,36)/t18-,19+,29-/m0/s1. The molecule has 0 unspecified atom stereocenters. The number of nitrogens with zero attached hydrogens (tertiary/aromatic N) is 4. The third kappa shape index (κ3) is 5.60. The minimum atomic E-state index is -0.682. The number of benzene rings is 2. The molecular weight excluding hydrogens is 512 g/mol. The third-order valence-electron chi connectivity index (χ3n) is 7.15. The predicted molar refractivity (Wildman–Crippen MR) is 153 cm³/mol. The van der Waals surface area contributed by atoms with Gasteiger partial charge in [-0.25, -0.2) is 4.98 Å². The summed E-state index contributed by atoms with van der Waals surface area (Å²) in [6.07, 6.45) is 0.335. The summed E-state index contributed by atoms with van der Waals surface area (Å²) < 4.78 is 5.85. The van der Waals surface area contributed by atoms with E-state index >= 15 is 0 Å². The van der Waals surface area contributed by atoms with Gasteiger partial charge in [-0.3, -0.25) is 9.59 Å². The number of hydrogen-bond acceptors (Lipinski definition) is 8. The number of aromatic nitrogens is 1. The van der Waals surface area contributed by atoms with Crippen molar-refractivity contribution in [2.24, 2.45) is 0 Å². The largest absolute Gasteiger partial charge is 0.372 e. The number of ether oxygens (including phenoxy) is 1. The zero-order valence-electron chi connectivity index (χ0n) is 22.5. The number of carbonyl (C=O) groups excluding carboxylic acids is 2. The normalized spacial score (nSPS) is 22.2. The van der Waals surface area contributed by atoms with Crippen molar-refractivity contribution in [3.8, 4) is 17.3 Å². The quantitative estimate of drug-likeness (QED) is 0.482. The van der Waals surface area contributed by atoms with E-state index in [1.54, 1.807) is 12.1 Å². The SMILES string of the molecule is C[C@@H]1CN(c2cccc(-c3csc(NC(=O)CNC(=O)c4ccc5c(c4)[C@@](C)(C#N)CN5C)n3)c2)C[C@H](C)O1. The molecule has 2 N–H and O–H groups in total. The Balaban J connectivity index is 1.19. The molecule has 9 nitrogen and oxygen atoms in total. The molecule has 202 valence electrons. The number of nitrogens with one attached hydrogen (secondary N) is 2. The van der Waals surface area contributed by atoms with Crippen LogP contribution in [0.5, 0.6) is 0 Å². The van der Waals surface area contributed by atoms with Gasteiger partial charge in [0.25, 0.3) is 5.91 Å². The fourth-order valence-corrected chi connectivity index (χ4v) is 6.07. The summed E-state index contributed by atoms with van der Waals surface area (Å²) in [4.78, 5) is 34.2. The summed E-state index contributed by atoms with van der Waals surface area (Å²) in [6, 6.07) is 15.9. The Bertz CT molecular complexity index is 1440. The van der Waals surface area contributed by atoms with Crippen molar-refractivity contribution in [2.75, 3.05) is 48.3 Å². The molecular formula is C29H32N6O3S. The number of nitriles is 1. The Morgan fingerprint density at radius 2 is 1.97 bits per heavy atom. The maximum atomic E-state index is 12.8. The van der Waals surface area contributed by atoms with E-state index in [4.69, 9.17) is 4.74 Å². The summed E-state index contributed by atoms with van der Waals surface area (Å²) >= 11 is 1.34.